The van der Waals surface area contributed by atoms with Gasteiger partial charge in [-0.2, -0.15) is 0 Å². The minimum Gasteiger partial charge on any atom is -0.492 e. The third kappa shape index (κ3) is 2.80. The van der Waals surface area contributed by atoms with E-state index in [0.717, 1.165) is 11.3 Å². The van der Waals surface area contributed by atoms with Crippen molar-refractivity contribution in [3.63, 3.8) is 0 Å². The van der Waals surface area contributed by atoms with Crippen molar-refractivity contribution in [2.75, 3.05) is 13.2 Å². The molecule has 18 heavy (non-hydrogen) atoms. The van der Waals surface area contributed by atoms with Gasteiger partial charge in [-0.25, -0.2) is 0 Å². The molecule has 1 heterocycles. The number of amides is 1. The lowest BCUT2D eigenvalue weighted by molar-refractivity contribution is -0.137. The van der Waals surface area contributed by atoms with Crippen LogP contribution < -0.4 is 10.1 Å². The summed E-state index contributed by atoms with van der Waals surface area (Å²) in [5.74, 6) is -0.488. The molecule has 0 saturated heterocycles. The van der Waals surface area contributed by atoms with Crippen molar-refractivity contribution in [3.8, 4) is 5.75 Å². The lowest BCUT2D eigenvalue weighted by atomic mass is 10.0. The van der Waals surface area contributed by atoms with Crippen molar-refractivity contribution in [2.45, 2.75) is 18.8 Å². The predicted octanol–water partition coefficient (Wildman–Crippen LogP) is 1.14. The van der Waals surface area contributed by atoms with Crippen LogP contribution in [0.3, 0.4) is 0 Å². The van der Waals surface area contributed by atoms with Crippen molar-refractivity contribution in [2.24, 2.45) is 0 Å². The summed E-state index contributed by atoms with van der Waals surface area (Å²) in [6.07, 6.45) is 0.508. The fourth-order valence-electron chi connectivity index (χ4n) is 1.95. The smallest absolute Gasteiger partial charge is 0.303 e. The van der Waals surface area contributed by atoms with E-state index in [9.17, 15) is 9.59 Å². The van der Waals surface area contributed by atoms with Crippen molar-refractivity contribution >= 4 is 11.9 Å². The molecule has 0 aliphatic carbocycles. The van der Waals surface area contributed by atoms with Crippen LogP contribution in [0.25, 0.3) is 0 Å². The van der Waals surface area contributed by atoms with Crippen LogP contribution in [0.1, 0.15) is 24.3 Å². The van der Waals surface area contributed by atoms with E-state index in [4.69, 9.17) is 9.84 Å². The number of hydrogen-bond acceptors (Lipinski definition) is 3. The maximum Gasteiger partial charge on any atom is 0.303 e. The zero-order valence-corrected chi connectivity index (χ0v) is 9.89. The van der Waals surface area contributed by atoms with Gasteiger partial charge in [0.05, 0.1) is 0 Å². The Hall–Kier alpha value is -2.04. The molecule has 1 aromatic rings. The highest BCUT2D eigenvalue weighted by molar-refractivity contribution is 5.85. The van der Waals surface area contributed by atoms with Gasteiger partial charge in [0.15, 0.2) is 0 Å². The van der Waals surface area contributed by atoms with Gasteiger partial charge in [-0.05, 0) is 12.5 Å². The third-order valence-corrected chi connectivity index (χ3v) is 2.88. The van der Waals surface area contributed by atoms with E-state index >= 15 is 0 Å². The number of para-hydroxylation sites is 1. The fraction of sp³-hybridized carbons (Fsp3) is 0.385. The first-order chi connectivity index (χ1) is 8.68. The number of fused-ring (bicyclic) bond motifs is 1. The Morgan fingerprint density at radius 3 is 2.94 bits per heavy atom. The minimum absolute atomic E-state index is 0.0675. The topological polar surface area (TPSA) is 75.6 Å². The SMILES string of the molecule is O=C(O)CCCNC(=O)[C@H]1COc2ccccc21. The first-order valence-electron chi connectivity index (χ1n) is 5.89. The molecule has 1 aliphatic rings. The molecule has 0 bridgehead atoms. The lowest BCUT2D eigenvalue weighted by Gasteiger charge is -2.09. The summed E-state index contributed by atoms with van der Waals surface area (Å²) in [5, 5.41) is 11.2. The van der Waals surface area contributed by atoms with E-state index < -0.39 is 5.97 Å². The first-order valence-corrected chi connectivity index (χ1v) is 5.89. The van der Waals surface area contributed by atoms with Crippen LogP contribution in [-0.2, 0) is 9.59 Å². The van der Waals surface area contributed by atoms with E-state index in [-0.39, 0.29) is 18.2 Å². The maximum absolute atomic E-state index is 11.9. The van der Waals surface area contributed by atoms with Crippen LogP contribution in [0.4, 0.5) is 0 Å². The number of aliphatic carboxylic acids is 1. The number of nitrogens with one attached hydrogen (secondary N) is 1. The average Bonchev–Trinajstić information content (AvgIpc) is 2.78. The molecule has 5 heteroatoms. The summed E-state index contributed by atoms with van der Waals surface area (Å²) >= 11 is 0. The van der Waals surface area contributed by atoms with Gasteiger partial charge in [-0.1, -0.05) is 18.2 Å². The van der Waals surface area contributed by atoms with E-state index in [1.165, 1.54) is 0 Å². The van der Waals surface area contributed by atoms with Crippen molar-refractivity contribution in [1.82, 2.24) is 5.32 Å². The molecule has 5 nitrogen and oxygen atoms in total. The number of carbonyl (C=O) groups is 2. The molecule has 0 radical (unpaired) electrons. The molecule has 0 spiro atoms. The Kier molecular flexibility index (Phi) is 3.82. The van der Waals surface area contributed by atoms with Crippen LogP contribution in [0, 0.1) is 0 Å². The molecule has 1 aromatic carbocycles. The summed E-state index contributed by atoms with van der Waals surface area (Å²) in [5.41, 5.74) is 0.897. The van der Waals surface area contributed by atoms with Gasteiger partial charge in [-0.15, -0.1) is 0 Å². The number of carboxylic acids is 1. The summed E-state index contributed by atoms with van der Waals surface area (Å²) in [4.78, 5) is 22.2. The molecule has 2 N–H and O–H groups in total. The monoisotopic (exact) mass is 249 g/mol. The highest BCUT2D eigenvalue weighted by Gasteiger charge is 2.29. The Balaban J connectivity index is 1.86. The second-order valence-electron chi connectivity index (χ2n) is 4.19. The number of benzene rings is 1. The number of carbonyl (C=O) groups excluding carboxylic acids is 1. The van der Waals surface area contributed by atoms with Crippen molar-refractivity contribution < 1.29 is 19.4 Å². The number of rotatable bonds is 5. The molecule has 0 saturated carbocycles. The molecule has 1 amide bonds. The van der Waals surface area contributed by atoms with Crippen LogP contribution in [0.5, 0.6) is 5.75 Å². The van der Waals surface area contributed by atoms with Crippen molar-refractivity contribution in [3.05, 3.63) is 29.8 Å². The lowest BCUT2D eigenvalue weighted by Crippen LogP contribution is -2.31. The Labute approximate surface area is 105 Å². The quantitative estimate of drug-likeness (QED) is 0.767. The highest BCUT2D eigenvalue weighted by Crippen LogP contribution is 2.33. The number of ether oxygens (including phenoxy) is 1. The zero-order valence-electron chi connectivity index (χ0n) is 9.89. The Bertz CT molecular complexity index is 458. The van der Waals surface area contributed by atoms with Crippen LogP contribution in [0.15, 0.2) is 24.3 Å². The Morgan fingerprint density at radius 2 is 2.17 bits per heavy atom. The maximum atomic E-state index is 11.9. The van der Waals surface area contributed by atoms with Crippen LogP contribution >= 0.6 is 0 Å². The summed E-state index contributed by atoms with van der Waals surface area (Å²) < 4.78 is 5.42. The molecule has 0 unspecified atom stereocenters. The molecule has 0 fully saturated rings. The number of carboxylic acid groups (broad SMARTS) is 1. The van der Waals surface area contributed by atoms with Gasteiger partial charge in [0.2, 0.25) is 5.91 Å². The van der Waals surface area contributed by atoms with E-state index in [1.54, 1.807) is 0 Å². The summed E-state index contributed by atoms with van der Waals surface area (Å²) in [6, 6.07) is 7.46. The van der Waals surface area contributed by atoms with Gasteiger partial charge >= 0.3 is 5.97 Å². The molecule has 96 valence electrons. The van der Waals surface area contributed by atoms with Gasteiger partial charge < -0.3 is 15.2 Å². The molecular formula is C13H15NO4. The first kappa shape index (κ1) is 12.4. The van der Waals surface area contributed by atoms with E-state index in [2.05, 4.69) is 5.32 Å². The van der Waals surface area contributed by atoms with Gasteiger partial charge in [0, 0.05) is 18.5 Å². The zero-order chi connectivity index (χ0) is 13.0. The molecule has 2 rings (SSSR count). The van der Waals surface area contributed by atoms with Gasteiger partial charge in [0.1, 0.15) is 18.3 Å². The predicted molar refractivity (Wildman–Crippen MR) is 64.6 cm³/mol. The molecule has 1 atom stereocenters. The fourth-order valence-corrected chi connectivity index (χ4v) is 1.95. The van der Waals surface area contributed by atoms with Gasteiger partial charge in [0.25, 0.3) is 0 Å². The largest absolute Gasteiger partial charge is 0.492 e. The van der Waals surface area contributed by atoms with Crippen LogP contribution in [-0.4, -0.2) is 30.1 Å². The summed E-state index contributed by atoms with van der Waals surface area (Å²) in [6.45, 7) is 0.730. The second-order valence-corrected chi connectivity index (χ2v) is 4.19. The normalized spacial score (nSPS) is 16.8. The van der Waals surface area contributed by atoms with Crippen LogP contribution in [0.2, 0.25) is 0 Å². The van der Waals surface area contributed by atoms with E-state index in [0.29, 0.717) is 19.6 Å². The summed E-state index contributed by atoms with van der Waals surface area (Å²) in [7, 11) is 0. The number of hydrogen-bond donors (Lipinski definition) is 2. The van der Waals surface area contributed by atoms with Crippen molar-refractivity contribution in [1.29, 1.82) is 0 Å². The Morgan fingerprint density at radius 1 is 1.39 bits per heavy atom. The average molecular weight is 249 g/mol. The third-order valence-electron chi connectivity index (χ3n) is 2.88. The molecule has 0 aromatic heterocycles. The highest BCUT2D eigenvalue weighted by atomic mass is 16.5. The van der Waals surface area contributed by atoms with Gasteiger partial charge in [-0.3, -0.25) is 9.59 Å². The molecular weight excluding hydrogens is 234 g/mol. The standard InChI is InChI=1S/C13H15NO4/c15-12(16)6-3-7-14-13(17)10-8-18-11-5-2-1-4-9(10)11/h1-2,4-5,10H,3,6-8H2,(H,14,17)(H,15,16)/t10-/m0/s1. The second kappa shape index (κ2) is 5.53. The molecule has 1 aliphatic heterocycles. The van der Waals surface area contributed by atoms with E-state index in [1.807, 2.05) is 24.3 Å². The minimum atomic E-state index is -0.848.